The molecule has 0 spiro atoms. The van der Waals surface area contributed by atoms with E-state index >= 15 is 0 Å². The first kappa shape index (κ1) is 19.0. The Kier molecular flexibility index (Phi) is 6.17. The van der Waals surface area contributed by atoms with Gasteiger partial charge in [0.1, 0.15) is 0 Å². The van der Waals surface area contributed by atoms with Crippen LogP contribution in [-0.4, -0.2) is 24.4 Å². The number of nitrogens with one attached hydrogen (secondary N) is 1. The molecule has 0 saturated carbocycles. The van der Waals surface area contributed by atoms with Crippen molar-refractivity contribution in [2.45, 2.75) is 25.8 Å². The fraction of sp³-hybridized carbons (Fsp3) is 0.263. The third kappa shape index (κ3) is 4.38. The number of amides is 2. The van der Waals surface area contributed by atoms with Crippen LogP contribution in [0.3, 0.4) is 0 Å². The van der Waals surface area contributed by atoms with Gasteiger partial charge in [-0.05, 0) is 42.7 Å². The lowest BCUT2D eigenvalue weighted by Crippen LogP contribution is -2.32. The monoisotopic (exact) mass is 359 g/mol. The number of nitrogens with two attached hydrogens (primary N) is 1. The molecule has 3 N–H and O–H groups in total. The molecule has 2 aromatic carbocycles. The number of benzene rings is 2. The zero-order valence-electron chi connectivity index (χ0n) is 14.1. The highest BCUT2D eigenvalue weighted by molar-refractivity contribution is 5.97. The number of nitrogens with zero attached hydrogens (tertiary/aromatic N) is 1. The lowest BCUT2D eigenvalue weighted by molar-refractivity contribution is -0.118. The van der Waals surface area contributed by atoms with Gasteiger partial charge in [-0.15, -0.1) is 12.4 Å². The second-order valence-electron chi connectivity index (χ2n) is 6.08. The predicted octanol–water partition coefficient (Wildman–Crippen LogP) is 2.53. The van der Waals surface area contributed by atoms with Crippen molar-refractivity contribution in [2.75, 3.05) is 16.8 Å². The van der Waals surface area contributed by atoms with Crippen molar-refractivity contribution < 1.29 is 9.59 Å². The van der Waals surface area contributed by atoms with Gasteiger partial charge < -0.3 is 16.0 Å². The van der Waals surface area contributed by atoms with Crippen molar-refractivity contribution in [2.24, 2.45) is 5.73 Å². The van der Waals surface area contributed by atoms with Crippen molar-refractivity contribution in [3.8, 4) is 0 Å². The predicted molar refractivity (Wildman–Crippen MR) is 102 cm³/mol. The molecule has 3 rings (SSSR count). The Bertz CT molecular complexity index is 760. The quantitative estimate of drug-likeness (QED) is 0.880. The van der Waals surface area contributed by atoms with Crippen LogP contribution in [0.1, 0.15) is 18.1 Å². The summed E-state index contributed by atoms with van der Waals surface area (Å²) in [6.07, 6.45) is 1.25. The first-order chi connectivity index (χ1) is 11.5. The average Bonchev–Trinajstić information content (AvgIpc) is 3.00. The number of anilines is 2. The zero-order chi connectivity index (χ0) is 17.1. The Labute approximate surface area is 153 Å². The third-order valence-corrected chi connectivity index (χ3v) is 4.18. The van der Waals surface area contributed by atoms with Gasteiger partial charge in [-0.1, -0.05) is 30.3 Å². The molecule has 1 heterocycles. The third-order valence-electron chi connectivity index (χ3n) is 4.18. The molecule has 0 bridgehead atoms. The van der Waals surface area contributed by atoms with Gasteiger partial charge in [-0.2, -0.15) is 0 Å². The summed E-state index contributed by atoms with van der Waals surface area (Å²) in [5, 5.41) is 2.73. The van der Waals surface area contributed by atoms with Crippen LogP contribution in [0, 0.1) is 0 Å². The fourth-order valence-electron chi connectivity index (χ4n) is 2.83. The molecule has 5 nitrogen and oxygen atoms in total. The standard InChI is InChI=1S/C19H21N3O2.ClH/c1-13(20)19(24)21-16-8-6-14(7-9-16)12-18(23)22-11-10-15-4-2-3-5-17(15)22;/h2-9,13H,10-12,20H2,1H3,(H,21,24);1H/t13-;/m0./s1. The van der Waals surface area contributed by atoms with E-state index in [0.717, 1.165) is 24.2 Å². The highest BCUT2D eigenvalue weighted by atomic mass is 35.5. The van der Waals surface area contributed by atoms with E-state index in [4.69, 9.17) is 5.73 Å². The van der Waals surface area contributed by atoms with Gasteiger partial charge >= 0.3 is 0 Å². The fourth-order valence-corrected chi connectivity index (χ4v) is 2.83. The van der Waals surface area contributed by atoms with Crippen LogP contribution in [0.5, 0.6) is 0 Å². The molecule has 0 aliphatic carbocycles. The molecule has 0 saturated heterocycles. The maximum Gasteiger partial charge on any atom is 0.240 e. The Morgan fingerprint density at radius 2 is 1.84 bits per heavy atom. The maximum atomic E-state index is 12.6. The first-order valence-corrected chi connectivity index (χ1v) is 8.08. The number of hydrogen-bond donors (Lipinski definition) is 2. The van der Waals surface area contributed by atoms with E-state index in [1.807, 2.05) is 35.2 Å². The molecular weight excluding hydrogens is 338 g/mol. The van der Waals surface area contributed by atoms with Gasteiger partial charge in [-0.25, -0.2) is 0 Å². The highest BCUT2D eigenvalue weighted by Crippen LogP contribution is 2.28. The smallest absolute Gasteiger partial charge is 0.240 e. The Morgan fingerprint density at radius 1 is 1.16 bits per heavy atom. The molecule has 1 aliphatic rings. The van der Waals surface area contributed by atoms with Crippen LogP contribution in [0.25, 0.3) is 0 Å². The first-order valence-electron chi connectivity index (χ1n) is 8.08. The van der Waals surface area contributed by atoms with E-state index in [0.29, 0.717) is 12.1 Å². The molecule has 25 heavy (non-hydrogen) atoms. The molecule has 0 unspecified atom stereocenters. The molecule has 2 amide bonds. The second kappa shape index (κ2) is 8.14. The summed E-state index contributed by atoms with van der Waals surface area (Å²) in [5.74, 6) is -0.139. The molecule has 1 aliphatic heterocycles. The second-order valence-corrected chi connectivity index (χ2v) is 6.08. The van der Waals surface area contributed by atoms with Crippen LogP contribution >= 0.6 is 12.4 Å². The minimum Gasteiger partial charge on any atom is -0.325 e. The Balaban J connectivity index is 0.00000225. The van der Waals surface area contributed by atoms with Crippen LogP contribution < -0.4 is 16.0 Å². The number of halogens is 1. The molecule has 6 heteroatoms. The summed E-state index contributed by atoms with van der Waals surface area (Å²) in [6, 6.07) is 14.8. The van der Waals surface area contributed by atoms with Crippen LogP contribution in [0.15, 0.2) is 48.5 Å². The summed E-state index contributed by atoms with van der Waals surface area (Å²) < 4.78 is 0. The maximum absolute atomic E-state index is 12.6. The van der Waals surface area contributed by atoms with E-state index in [1.165, 1.54) is 5.56 Å². The van der Waals surface area contributed by atoms with E-state index in [2.05, 4.69) is 11.4 Å². The molecular formula is C19H22ClN3O2. The van der Waals surface area contributed by atoms with Gasteiger partial charge in [0.25, 0.3) is 0 Å². The normalized spacial score (nSPS) is 13.6. The van der Waals surface area contributed by atoms with Crippen molar-refractivity contribution in [3.05, 3.63) is 59.7 Å². The molecule has 0 radical (unpaired) electrons. The van der Waals surface area contributed by atoms with Gasteiger partial charge in [0.2, 0.25) is 11.8 Å². The summed E-state index contributed by atoms with van der Waals surface area (Å²) in [7, 11) is 0. The molecule has 2 aromatic rings. The van der Waals surface area contributed by atoms with Crippen molar-refractivity contribution in [3.63, 3.8) is 0 Å². The van der Waals surface area contributed by atoms with E-state index in [1.54, 1.807) is 19.1 Å². The van der Waals surface area contributed by atoms with Crippen molar-refractivity contribution in [1.82, 2.24) is 0 Å². The molecule has 1 atom stereocenters. The molecule has 132 valence electrons. The largest absolute Gasteiger partial charge is 0.325 e. The minimum absolute atomic E-state index is 0. The van der Waals surface area contributed by atoms with Gasteiger partial charge in [-0.3, -0.25) is 9.59 Å². The van der Waals surface area contributed by atoms with Gasteiger partial charge in [0.05, 0.1) is 12.5 Å². The molecule has 0 aromatic heterocycles. The number of rotatable bonds is 4. The topological polar surface area (TPSA) is 75.4 Å². The number of hydrogen-bond acceptors (Lipinski definition) is 3. The Morgan fingerprint density at radius 3 is 2.52 bits per heavy atom. The summed E-state index contributed by atoms with van der Waals surface area (Å²) >= 11 is 0. The minimum atomic E-state index is -0.554. The average molecular weight is 360 g/mol. The van der Waals surface area contributed by atoms with Gasteiger partial charge in [0.15, 0.2) is 0 Å². The van der Waals surface area contributed by atoms with Crippen molar-refractivity contribution >= 4 is 35.6 Å². The summed E-state index contributed by atoms with van der Waals surface area (Å²) in [4.78, 5) is 26.0. The summed E-state index contributed by atoms with van der Waals surface area (Å²) in [6.45, 7) is 2.37. The van der Waals surface area contributed by atoms with Gasteiger partial charge in [0, 0.05) is 17.9 Å². The SMILES string of the molecule is C[C@H](N)C(=O)Nc1ccc(CC(=O)N2CCc3ccccc32)cc1.Cl. The Hall–Kier alpha value is -2.37. The van der Waals surface area contributed by atoms with Crippen LogP contribution in [0.4, 0.5) is 11.4 Å². The lowest BCUT2D eigenvalue weighted by atomic mass is 10.1. The number of para-hydroxylation sites is 1. The lowest BCUT2D eigenvalue weighted by Gasteiger charge is -2.17. The zero-order valence-corrected chi connectivity index (χ0v) is 14.9. The summed E-state index contributed by atoms with van der Waals surface area (Å²) in [5.41, 5.74) is 9.37. The van der Waals surface area contributed by atoms with E-state index in [9.17, 15) is 9.59 Å². The highest BCUT2D eigenvalue weighted by Gasteiger charge is 2.23. The van der Waals surface area contributed by atoms with E-state index < -0.39 is 6.04 Å². The number of carbonyl (C=O) groups is 2. The number of fused-ring (bicyclic) bond motifs is 1. The van der Waals surface area contributed by atoms with Crippen LogP contribution in [0.2, 0.25) is 0 Å². The molecule has 0 fully saturated rings. The van der Waals surface area contributed by atoms with Crippen LogP contribution in [-0.2, 0) is 22.4 Å². The van der Waals surface area contributed by atoms with Crippen molar-refractivity contribution in [1.29, 1.82) is 0 Å². The van der Waals surface area contributed by atoms with E-state index in [-0.39, 0.29) is 24.2 Å². The number of carbonyl (C=O) groups excluding carboxylic acids is 2.